The smallest absolute Gasteiger partial charge is 0.335 e. The number of rotatable bonds is 1. The minimum atomic E-state index is -3.82. The molecule has 3 rings (SSSR count). The average molecular weight is 308 g/mol. The number of carboxylic acid groups (broad SMARTS) is 1. The maximum Gasteiger partial charge on any atom is 0.335 e. The fourth-order valence-electron chi connectivity index (χ4n) is 2.13. The summed E-state index contributed by atoms with van der Waals surface area (Å²) in [5.41, 5.74) is 0.0427. The van der Waals surface area contributed by atoms with E-state index in [-0.39, 0.29) is 27.5 Å². The van der Waals surface area contributed by atoms with Gasteiger partial charge in [0.2, 0.25) is 0 Å². The Labute approximate surface area is 119 Å². The van der Waals surface area contributed by atoms with Crippen LogP contribution in [0.15, 0.2) is 41.3 Å². The van der Waals surface area contributed by atoms with Gasteiger partial charge in [0.15, 0.2) is 9.84 Å². The van der Waals surface area contributed by atoms with Crippen LogP contribution < -0.4 is 4.74 Å². The van der Waals surface area contributed by atoms with Crippen molar-refractivity contribution in [1.29, 1.82) is 0 Å². The fourth-order valence-corrected chi connectivity index (χ4v) is 3.64. The summed E-state index contributed by atoms with van der Waals surface area (Å²) in [4.78, 5) is 10.8. The van der Waals surface area contributed by atoms with Gasteiger partial charge in [-0.2, -0.15) is 0 Å². The summed E-state index contributed by atoms with van der Waals surface area (Å²) in [7, 11) is -3.82. The van der Waals surface area contributed by atoms with Crippen LogP contribution in [0.5, 0.6) is 11.5 Å². The molecular weight excluding hydrogens is 299 g/mol. The molecule has 2 aromatic rings. The number of hydrogen-bond donors (Lipinski definition) is 1. The summed E-state index contributed by atoms with van der Waals surface area (Å²) in [5.74, 6) is -1.98. The van der Waals surface area contributed by atoms with E-state index in [1.54, 1.807) is 0 Å². The molecule has 0 saturated carbocycles. The Morgan fingerprint density at radius 3 is 2.57 bits per heavy atom. The Morgan fingerprint density at radius 1 is 1.14 bits per heavy atom. The summed E-state index contributed by atoms with van der Waals surface area (Å²) in [5, 5.41) is 8.95. The van der Waals surface area contributed by atoms with Crippen LogP contribution in [0.4, 0.5) is 4.39 Å². The van der Waals surface area contributed by atoms with E-state index >= 15 is 0 Å². The first-order valence-electron chi connectivity index (χ1n) is 5.93. The number of sulfone groups is 1. The van der Waals surface area contributed by atoms with Crippen LogP contribution in [0.2, 0.25) is 0 Å². The highest BCUT2D eigenvalue weighted by atomic mass is 32.2. The summed E-state index contributed by atoms with van der Waals surface area (Å²) < 4.78 is 43.4. The van der Waals surface area contributed by atoms with E-state index in [4.69, 9.17) is 9.84 Å². The van der Waals surface area contributed by atoms with Crippen molar-refractivity contribution in [2.75, 3.05) is 0 Å². The molecule has 0 aliphatic carbocycles. The fraction of sp³-hybridized carbons (Fsp3) is 0.0714. The second-order valence-electron chi connectivity index (χ2n) is 4.58. The molecule has 1 heterocycles. The van der Waals surface area contributed by atoms with Crippen molar-refractivity contribution in [2.45, 2.75) is 10.6 Å². The van der Waals surface area contributed by atoms with Gasteiger partial charge in [-0.1, -0.05) is 0 Å². The average Bonchev–Trinajstić information content (AvgIpc) is 2.51. The van der Waals surface area contributed by atoms with E-state index in [0.717, 1.165) is 12.1 Å². The lowest BCUT2D eigenvalue weighted by molar-refractivity contribution is 0.0696. The van der Waals surface area contributed by atoms with E-state index in [1.165, 1.54) is 24.3 Å². The molecule has 5 nitrogen and oxygen atoms in total. The number of halogens is 1. The van der Waals surface area contributed by atoms with Crippen LogP contribution in [0, 0.1) is 5.82 Å². The zero-order chi connectivity index (χ0) is 15.2. The van der Waals surface area contributed by atoms with E-state index < -0.39 is 27.4 Å². The normalized spacial score (nSPS) is 15.3. The molecule has 108 valence electrons. The largest absolute Gasteiger partial charge is 0.478 e. The molecule has 0 atom stereocenters. The van der Waals surface area contributed by atoms with Crippen LogP contribution in [0.25, 0.3) is 0 Å². The van der Waals surface area contributed by atoms with Gasteiger partial charge in [-0.05, 0) is 36.4 Å². The van der Waals surface area contributed by atoms with Crippen molar-refractivity contribution in [3.63, 3.8) is 0 Å². The van der Waals surface area contributed by atoms with Crippen LogP contribution in [0.3, 0.4) is 0 Å². The highest BCUT2D eigenvalue weighted by Gasteiger charge is 2.28. The van der Waals surface area contributed by atoms with Crippen molar-refractivity contribution >= 4 is 15.8 Å². The summed E-state index contributed by atoms with van der Waals surface area (Å²) in [6.07, 6.45) is 0. The third-order valence-electron chi connectivity index (χ3n) is 3.11. The lowest BCUT2D eigenvalue weighted by Gasteiger charge is -2.08. The molecular formula is C14H9FO5S. The number of aromatic carboxylic acids is 1. The molecule has 0 radical (unpaired) electrons. The summed E-state index contributed by atoms with van der Waals surface area (Å²) in [6, 6.07) is 7.20. The molecule has 0 bridgehead atoms. The molecule has 2 aromatic carbocycles. The van der Waals surface area contributed by atoms with Crippen LogP contribution in [0.1, 0.15) is 15.9 Å². The molecule has 0 unspecified atom stereocenters. The lowest BCUT2D eigenvalue weighted by atomic mass is 10.2. The number of benzene rings is 2. The van der Waals surface area contributed by atoms with Crippen LogP contribution in [-0.2, 0) is 15.6 Å². The Hall–Kier alpha value is -2.41. The van der Waals surface area contributed by atoms with E-state index in [1.807, 2.05) is 0 Å². The summed E-state index contributed by atoms with van der Waals surface area (Å²) >= 11 is 0. The predicted molar refractivity (Wildman–Crippen MR) is 70.8 cm³/mol. The molecule has 1 aliphatic rings. The Morgan fingerprint density at radius 2 is 1.86 bits per heavy atom. The number of fused-ring (bicyclic) bond motifs is 2. The van der Waals surface area contributed by atoms with E-state index in [2.05, 4.69) is 0 Å². The Bertz CT molecular complexity index is 858. The molecule has 0 fully saturated rings. The molecule has 0 aromatic heterocycles. The van der Waals surface area contributed by atoms with Crippen molar-refractivity contribution in [3.05, 3.63) is 53.3 Å². The minimum Gasteiger partial charge on any atom is -0.478 e. The van der Waals surface area contributed by atoms with Gasteiger partial charge in [0, 0.05) is 5.56 Å². The quantitative estimate of drug-likeness (QED) is 0.876. The zero-order valence-corrected chi connectivity index (χ0v) is 11.4. The zero-order valence-electron chi connectivity index (χ0n) is 10.5. The van der Waals surface area contributed by atoms with Gasteiger partial charge in [0.25, 0.3) is 0 Å². The number of carboxylic acids is 1. The van der Waals surface area contributed by atoms with Crippen molar-refractivity contribution < 1.29 is 27.4 Å². The first-order chi connectivity index (χ1) is 9.87. The van der Waals surface area contributed by atoms with Crippen molar-refractivity contribution in [2.24, 2.45) is 0 Å². The molecule has 1 N–H and O–H groups in total. The van der Waals surface area contributed by atoms with Crippen LogP contribution in [-0.4, -0.2) is 19.5 Å². The van der Waals surface area contributed by atoms with E-state index in [9.17, 15) is 17.6 Å². The third-order valence-corrected chi connectivity index (χ3v) is 4.79. The number of carbonyl (C=O) groups is 1. The van der Waals surface area contributed by atoms with E-state index in [0.29, 0.717) is 0 Å². The van der Waals surface area contributed by atoms with Gasteiger partial charge in [-0.15, -0.1) is 0 Å². The highest BCUT2D eigenvalue weighted by Crippen LogP contribution is 2.38. The summed E-state index contributed by atoms with van der Waals surface area (Å²) in [6.45, 7) is 0. The second kappa shape index (κ2) is 4.56. The third kappa shape index (κ3) is 2.36. The molecule has 0 spiro atoms. The predicted octanol–water partition coefficient (Wildman–Crippen LogP) is 2.60. The van der Waals surface area contributed by atoms with Gasteiger partial charge in [-0.3, -0.25) is 0 Å². The number of ether oxygens (including phenoxy) is 1. The number of hydrogen-bond acceptors (Lipinski definition) is 4. The maximum atomic E-state index is 13.2. The van der Waals surface area contributed by atoms with Gasteiger partial charge in [0.05, 0.1) is 11.3 Å². The first kappa shape index (κ1) is 13.6. The monoisotopic (exact) mass is 308 g/mol. The van der Waals surface area contributed by atoms with Gasteiger partial charge < -0.3 is 9.84 Å². The van der Waals surface area contributed by atoms with Gasteiger partial charge >= 0.3 is 5.97 Å². The second-order valence-corrected chi connectivity index (χ2v) is 6.54. The Balaban J connectivity index is 2.23. The Kier molecular flexibility index (Phi) is 2.94. The van der Waals surface area contributed by atoms with Gasteiger partial charge in [0.1, 0.15) is 22.2 Å². The maximum absolute atomic E-state index is 13.2. The van der Waals surface area contributed by atoms with Gasteiger partial charge in [-0.25, -0.2) is 17.6 Å². The highest BCUT2D eigenvalue weighted by molar-refractivity contribution is 7.90. The molecule has 0 amide bonds. The molecule has 21 heavy (non-hydrogen) atoms. The SMILES string of the molecule is O=C(O)c1ccc2c(c1)S(=O)(=O)Cc1cc(F)ccc1O2. The van der Waals surface area contributed by atoms with Crippen molar-refractivity contribution in [3.8, 4) is 11.5 Å². The molecule has 0 saturated heterocycles. The lowest BCUT2D eigenvalue weighted by Crippen LogP contribution is -2.06. The molecule has 7 heteroatoms. The molecule has 1 aliphatic heterocycles. The topological polar surface area (TPSA) is 80.7 Å². The van der Waals surface area contributed by atoms with Crippen LogP contribution >= 0.6 is 0 Å². The first-order valence-corrected chi connectivity index (χ1v) is 7.58. The standard InChI is InChI=1S/C14H9FO5S/c15-10-2-4-11-9(5-10)7-21(18,19)13-6-8(14(16)17)1-3-12(13)20-11/h1-6H,7H2,(H,16,17). The minimum absolute atomic E-state index is 0.0327. The van der Waals surface area contributed by atoms with Crippen molar-refractivity contribution in [1.82, 2.24) is 0 Å².